The molecule has 1 saturated heterocycles. The summed E-state index contributed by atoms with van der Waals surface area (Å²) in [6, 6.07) is 1.50. The number of rotatable bonds is 4. The summed E-state index contributed by atoms with van der Waals surface area (Å²) < 4.78 is 17.7. The van der Waals surface area contributed by atoms with Crippen molar-refractivity contribution in [3.05, 3.63) is 22.7 Å². The molecule has 4 N–H and O–H groups in total. The molecule has 2 rings (SSSR count). The van der Waals surface area contributed by atoms with Gasteiger partial charge in [0.05, 0.1) is 6.16 Å². The predicted molar refractivity (Wildman–Crippen MR) is 70.8 cm³/mol. The van der Waals surface area contributed by atoms with Crippen LogP contribution in [0.2, 0.25) is 0 Å². The molecule has 0 amide bonds. The van der Waals surface area contributed by atoms with Crippen LogP contribution in [0.4, 0.5) is 5.82 Å². The molecule has 0 saturated carbocycles. The van der Waals surface area contributed by atoms with Gasteiger partial charge in [-0.25, -0.2) is 4.79 Å². The second-order valence-corrected chi connectivity index (χ2v) is 7.04. The molecule has 0 aliphatic carbocycles. The first-order chi connectivity index (χ1) is 8.85. The third kappa shape index (κ3) is 4.05. The van der Waals surface area contributed by atoms with Crippen molar-refractivity contribution in [2.24, 2.45) is 0 Å². The van der Waals surface area contributed by atoms with Crippen LogP contribution in [0, 0.1) is 0 Å². The Labute approximate surface area is 113 Å². The van der Waals surface area contributed by atoms with E-state index in [2.05, 4.69) is 4.98 Å². The minimum atomic E-state index is -4.02. The van der Waals surface area contributed by atoms with Crippen LogP contribution in [0.25, 0.3) is 0 Å². The quantitative estimate of drug-likeness (QED) is 0.662. The average molecular weight is 307 g/mol. The Morgan fingerprint density at radius 1 is 1.63 bits per heavy atom. The molecule has 106 valence electrons. The molecule has 0 spiro atoms. The molecule has 2 unspecified atom stereocenters. The highest BCUT2D eigenvalue weighted by Crippen LogP contribution is 2.40. The zero-order chi connectivity index (χ0) is 14.0. The van der Waals surface area contributed by atoms with Crippen LogP contribution < -0.4 is 11.4 Å². The molecule has 1 aromatic rings. The van der Waals surface area contributed by atoms with E-state index in [0.717, 1.165) is 0 Å². The molecule has 1 aromatic heterocycles. The van der Waals surface area contributed by atoms with Crippen molar-refractivity contribution >= 4 is 25.2 Å². The number of anilines is 1. The molecule has 1 aliphatic heterocycles. The van der Waals surface area contributed by atoms with Gasteiger partial charge in [-0.3, -0.25) is 9.13 Å². The van der Waals surface area contributed by atoms with Gasteiger partial charge in [-0.1, -0.05) is 0 Å². The molecule has 19 heavy (non-hydrogen) atoms. The monoisotopic (exact) mass is 307 g/mol. The zero-order valence-electron chi connectivity index (χ0n) is 9.88. The molecular weight excluding hydrogens is 293 g/mol. The molecule has 2 heterocycles. The van der Waals surface area contributed by atoms with E-state index in [-0.39, 0.29) is 23.8 Å². The molecule has 1 fully saturated rings. The molecule has 0 radical (unpaired) electrons. The first kappa shape index (κ1) is 14.5. The van der Waals surface area contributed by atoms with Crippen LogP contribution in [0.3, 0.4) is 0 Å². The Morgan fingerprint density at radius 2 is 2.37 bits per heavy atom. The summed E-state index contributed by atoms with van der Waals surface area (Å²) in [5.74, 6) is 0.669. The fourth-order valence-corrected chi connectivity index (χ4v) is 3.51. The molecule has 2 atom stereocenters. The maximum atomic E-state index is 11.6. The van der Waals surface area contributed by atoms with E-state index in [1.807, 2.05) is 0 Å². The van der Waals surface area contributed by atoms with Gasteiger partial charge >= 0.3 is 13.3 Å². The van der Waals surface area contributed by atoms with Crippen LogP contribution in [-0.2, 0) is 9.30 Å². The van der Waals surface area contributed by atoms with E-state index in [9.17, 15) is 9.36 Å². The predicted octanol–water partition coefficient (Wildman–Crippen LogP) is -0.0186. The average Bonchev–Trinajstić information content (AvgIpc) is 2.74. The van der Waals surface area contributed by atoms with Crippen molar-refractivity contribution in [2.75, 3.05) is 17.6 Å². The summed E-state index contributed by atoms with van der Waals surface area (Å²) >= 11 is 1.41. The normalized spacial score (nSPS) is 23.7. The standard InChI is InChI=1S/C9H14N3O5PS/c10-6-1-3-12(9(13)11-6)7-5-19-8(17-7)2-4-18(14,15)16/h1,3,7-8H,2,4-5H2,(H2,10,11,13)(H2,14,15,16). The van der Waals surface area contributed by atoms with E-state index >= 15 is 0 Å². The number of ether oxygens (including phenoxy) is 1. The Bertz CT molecular complexity index is 559. The molecule has 8 nitrogen and oxygen atoms in total. The number of hydrogen-bond donors (Lipinski definition) is 3. The van der Waals surface area contributed by atoms with Gasteiger partial charge in [-0.05, 0) is 12.5 Å². The molecule has 0 aromatic carbocycles. The van der Waals surface area contributed by atoms with E-state index in [0.29, 0.717) is 5.75 Å². The van der Waals surface area contributed by atoms with Crippen molar-refractivity contribution in [3.63, 3.8) is 0 Å². The molecule has 10 heteroatoms. The van der Waals surface area contributed by atoms with Crippen molar-refractivity contribution in [3.8, 4) is 0 Å². The van der Waals surface area contributed by atoms with Gasteiger partial charge in [-0.15, -0.1) is 11.8 Å². The number of nitrogens with two attached hydrogens (primary N) is 1. The third-order valence-electron chi connectivity index (χ3n) is 2.55. The van der Waals surface area contributed by atoms with Gasteiger partial charge in [0.1, 0.15) is 17.5 Å². The third-order valence-corrected chi connectivity index (χ3v) is 4.59. The van der Waals surface area contributed by atoms with Crippen LogP contribution in [0.15, 0.2) is 17.1 Å². The van der Waals surface area contributed by atoms with Gasteiger partial charge in [0.25, 0.3) is 0 Å². The molecule has 1 aliphatic rings. The summed E-state index contributed by atoms with van der Waals surface area (Å²) in [6.45, 7) is 0. The lowest BCUT2D eigenvalue weighted by Gasteiger charge is -2.14. The Balaban J connectivity index is 1.98. The van der Waals surface area contributed by atoms with Crippen LogP contribution in [0.5, 0.6) is 0 Å². The minimum absolute atomic E-state index is 0.143. The first-order valence-corrected chi connectivity index (χ1v) is 8.36. The smallest absolute Gasteiger partial charge is 0.351 e. The number of hydrogen-bond acceptors (Lipinski definition) is 6. The van der Waals surface area contributed by atoms with Crippen molar-refractivity contribution < 1.29 is 19.1 Å². The fourth-order valence-electron chi connectivity index (χ4n) is 1.66. The maximum Gasteiger partial charge on any atom is 0.351 e. The lowest BCUT2D eigenvalue weighted by Crippen LogP contribution is -2.28. The van der Waals surface area contributed by atoms with Crippen LogP contribution in [0.1, 0.15) is 12.6 Å². The van der Waals surface area contributed by atoms with E-state index in [1.54, 1.807) is 0 Å². The highest BCUT2D eigenvalue weighted by Gasteiger charge is 2.29. The van der Waals surface area contributed by atoms with Gasteiger partial charge in [0.2, 0.25) is 0 Å². The Hall–Kier alpha value is -0.860. The highest BCUT2D eigenvalue weighted by molar-refractivity contribution is 8.00. The topological polar surface area (TPSA) is 128 Å². The number of nitrogen functional groups attached to an aromatic ring is 1. The summed E-state index contributed by atoms with van der Waals surface area (Å²) in [4.78, 5) is 32.8. The SMILES string of the molecule is Nc1ccn(C2CSC(CCP(=O)(O)O)O2)c(=O)n1. The Morgan fingerprint density at radius 3 is 3.00 bits per heavy atom. The number of aromatic nitrogens is 2. The lowest BCUT2D eigenvalue weighted by molar-refractivity contribution is 0.0147. The highest BCUT2D eigenvalue weighted by atomic mass is 32.2. The summed E-state index contributed by atoms with van der Waals surface area (Å²) in [6.07, 6.45) is 1.03. The van der Waals surface area contributed by atoms with E-state index in [4.69, 9.17) is 20.3 Å². The van der Waals surface area contributed by atoms with E-state index < -0.39 is 19.5 Å². The van der Waals surface area contributed by atoms with Crippen molar-refractivity contribution in [1.82, 2.24) is 9.55 Å². The van der Waals surface area contributed by atoms with Gasteiger partial charge in [-0.2, -0.15) is 4.98 Å². The second kappa shape index (κ2) is 5.64. The summed E-state index contributed by atoms with van der Waals surface area (Å²) in [7, 11) is -4.02. The number of nitrogens with zero attached hydrogens (tertiary/aromatic N) is 2. The summed E-state index contributed by atoms with van der Waals surface area (Å²) in [5.41, 5.74) is 4.56. The van der Waals surface area contributed by atoms with Gasteiger partial charge in [0, 0.05) is 11.9 Å². The van der Waals surface area contributed by atoms with Gasteiger partial charge < -0.3 is 20.3 Å². The van der Waals surface area contributed by atoms with Crippen molar-refractivity contribution in [1.29, 1.82) is 0 Å². The largest absolute Gasteiger partial charge is 0.383 e. The molecular formula is C9H14N3O5PS. The minimum Gasteiger partial charge on any atom is -0.383 e. The van der Waals surface area contributed by atoms with E-state index in [1.165, 1.54) is 28.6 Å². The fraction of sp³-hybridized carbons (Fsp3) is 0.556. The number of thioether (sulfide) groups is 1. The second-order valence-electron chi connectivity index (χ2n) is 4.07. The van der Waals surface area contributed by atoms with Crippen LogP contribution >= 0.6 is 19.4 Å². The Kier molecular flexibility index (Phi) is 4.32. The summed E-state index contributed by atoms with van der Waals surface area (Å²) in [5, 5.41) is 0. The van der Waals surface area contributed by atoms with Gasteiger partial charge in [0.15, 0.2) is 0 Å². The lowest BCUT2D eigenvalue weighted by atomic mass is 10.5. The van der Waals surface area contributed by atoms with Crippen molar-refractivity contribution in [2.45, 2.75) is 18.1 Å². The molecule has 0 bridgehead atoms. The van der Waals surface area contributed by atoms with Crippen LogP contribution in [-0.4, -0.2) is 36.7 Å². The first-order valence-electron chi connectivity index (χ1n) is 5.51. The zero-order valence-corrected chi connectivity index (χ0v) is 11.6. The maximum absolute atomic E-state index is 11.6.